The summed E-state index contributed by atoms with van der Waals surface area (Å²) in [6, 6.07) is 5.08. The van der Waals surface area contributed by atoms with Crippen LogP contribution in [-0.4, -0.2) is 42.2 Å². The number of nitrogens with zero attached hydrogens (tertiary/aromatic N) is 1. The van der Waals surface area contributed by atoms with Crippen LogP contribution < -0.4 is 0 Å². The van der Waals surface area contributed by atoms with Gasteiger partial charge in [0.1, 0.15) is 5.75 Å². The van der Waals surface area contributed by atoms with Gasteiger partial charge in [0.25, 0.3) is 5.91 Å². The second-order valence-electron chi connectivity index (χ2n) is 4.96. The quantitative estimate of drug-likeness (QED) is 0.834. The molecular weight excluding hydrogens is 254 g/mol. The van der Waals surface area contributed by atoms with E-state index in [0.29, 0.717) is 18.7 Å². The first-order valence-electron chi connectivity index (χ1n) is 7.14. The zero-order valence-electron chi connectivity index (χ0n) is 12.8. The van der Waals surface area contributed by atoms with Gasteiger partial charge in [-0.2, -0.15) is 0 Å². The number of amides is 1. The molecule has 0 aliphatic heterocycles. The summed E-state index contributed by atoms with van der Waals surface area (Å²) in [6.45, 7) is 7.13. The Balaban J connectivity index is 3.02. The molecule has 20 heavy (non-hydrogen) atoms. The molecule has 0 aromatic heterocycles. The van der Waals surface area contributed by atoms with E-state index in [-0.39, 0.29) is 17.7 Å². The SMILES string of the molecule is CCC(CC)N(CCOC)C(=O)c1ccc(O)cc1C. The lowest BCUT2D eigenvalue weighted by Crippen LogP contribution is -2.42. The Morgan fingerprint density at radius 2 is 2.00 bits per heavy atom. The van der Waals surface area contributed by atoms with Crippen molar-refractivity contribution in [1.29, 1.82) is 0 Å². The van der Waals surface area contributed by atoms with Gasteiger partial charge in [-0.05, 0) is 43.5 Å². The number of hydrogen-bond acceptors (Lipinski definition) is 3. The fourth-order valence-electron chi connectivity index (χ4n) is 2.41. The molecule has 0 radical (unpaired) electrons. The maximum Gasteiger partial charge on any atom is 0.254 e. The highest BCUT2D eigenvalue weighted by Crippen LogP contribution is 2.20. The van der Waals surface area contributed by atoms with Crippen LogP contribution in [0.2, 0.25) is 0 Å². The number of phenols is 1. The molecule has 0 unspecified atom stereocenters. The number of benzene rings is 1. The van der Waals surface area contributed by atoms with Crippen LogP contribution in [0.4, 0.5) is 0 Å². The van der Waals surface area contributed by atoms with Crippen molar-refractivity contribution < 1.29 is 14.6 Å². The molecule has 1 aromatic carbocycles. The molecule has 1 N–H and O–H groups in total. The van der Waals surface area contributed by atoms with Gasteiger partial charge in [0.15, 0.2) is 0 Å². The van der Waals surface area contributed by atoms with Crippen LogP contribution in [0, 0.1) is 6.92 Å². The Bertz CT molecular complexity index is 441. The molecule has 0 spiro atoms. The van der Waals surface area contributed by atoms with E-state index in [1.165, 1.54) is 0 Å². The Labute approximate surface area is 121 Å². The number of ether oxygens (including phenoxy) is 1. The van der Waals surface area contributed by atoms with Gasteiger partial charge in [0.05, 0.1) is 6.61 Å². The third-order valence-corrected chi connectivity index (χ3v) is 3.62. The molecule has 0 fully saturated rings. The molecule has 4 nitrogen and oxygen atoms in total. The average Bonchev–Trinajstić information content (AvgIpc) is 2.43. The largest absolute Gasteiger partial charge is 0.508 e. The maximum absolute atomic E-state index is 12.7. The minimum atomic E-state index is 0.00764. The van der Waals surface area contributed by atoms with Gasteiger partial charge in [-0.25, -0.2) is 0 Å². The molecule has 0 saturated heterocycles. The van der Waals surface area contributed by atoms with Crippen LogP contribution in [0.1, 0.15) is 42.6 Å². The van der Waals surface area contributed by atoms with Crippen LogP contribution >= 0.6 is 0 Å². The molecule has 112 valence electrons. The fraction of sp³-hybridized carbons (Fsp3) is 0.562. The van der Waals surface area contributed by atoms with E-state index < -0.39 is 0 Å². The summed E-state index contributed by atoms with van der Waals surface area (Å²) in [5.41, 5.74) is 1.44. The minimum Gasteiger partial charge on any atom is -0.508 e. The smallest absolute Gasteiger partial charge is 0.254 e. The summed E-state index contributed by atoms with van der Waals surface area (Å²) >= 11 is 0. The topological polar surface area (TPSA) is 49.8 Å². The van der Waals surface area contributed by atoms with Crippen LogP contribution in [0.5, 0.6) is 5.75 Å². The van der Waals surface area contributed by atoms with Crippen molar-refractivity contribution in [3.05, 3.63) is 29.3 Å². The highest BCUT2D eigenvalue weighted by atomic mass is 16.5. The zero-order chi connectivity index (χ0) is 15.1. The van der Waals surface area contributed by atoms with Crippen LogP contribution in [0.3, 0.4) is 0 Å². The Morgan fingerprint density at radius 3 is 2.50 bits per heavy atom. The number of carbonyl (C=O) groups excluding carboxylic acids is 1. The predicted octanol–water partition coefficient (Wildman–Crippen LogP) is 2.98. The lowest BCUT2D eigenvalue weighted by molar-refractivity contribution is 0.0589. The molecule has 1 aromatic rings. The van der Waals surface area contributed by atoms with Crippen molar-refractivity contribution in [1.82, 2.24) is 4.90 Å². The number of carbonyl (C=O) groups is 1. The van der Waals surface area contributed by atoms with Crippen molar-refractivity contribution >= 4 is 5.91 Å². The van der Waals surface area contributed by atoms with Gasteiger partial charge in [-0.15, -0.1) is 0 Å². The van der Waals surface area contributed by atoms with Crippen LogP contribution in [-0.2, 0) is 4.74 Å². The van der Waals surface area contributed by atoms with Crippen LogP contribution in [0.15, 0.2) is 18.2 Å². The molecule has 0 atom stereocenters. The van der Waals surface area contributed by atoms with E-state index in [4.69, 9.17) is 4.74 Å². The molecule has 0 aliphatic carbocycles. The molecule has 0 saturated carbocycles. The Kier molecular flexibility index (Phi) is 6.52. The van der Waals surface area contributed by atoms with Gasteiger partial charge in [0.2, 0.25) is 0 Å². The normalized spacial score (nSPS) is 10.8. The summed E-state index contributed by atoms with van der Waals surface area (Å²) < 4.78 is 5.11. The van der Waals surface area contributed by atoms with E-state index >= 15 is 0 Å². The first kappa shape index (κ1) is 16.5. The first-order valence-corrected chi connectivity index (χ1v) is 7.14. The second kappa shape index (κ2) is 7.90. The summed E-state index contributed by atoms with van der Waals surface area (Å²) in [7, 11) is 1.64. The summed E-state index contributed by atoms with van der Waals surface area (Å²) in [4.78, 5) is 14.6. The summed E-state index contributed by atoms with van der Waals surface area (Å²) in [5, 5.41) is 9.46. The lowest BCUT2D eigenvalue weighted by atomic mass is 10.0. The second-order valence-corrected chi connectivity index (χ2v) is 4.96. The van der Waals surface area contributed by atoms with Gasteiger partial charge >= 0.3 is 0 Å². The molecule has 1 amide bonds. The number of phenolic OH excluding ortho intramolecular Hbond substituents is 1. The van der Waals surface area contributed by atoms with Gasteiger partial charge in [-0.1, -0.05) is 13.8 Å². The maximum atomic E-state index is 12.7. The average molecular weight is 279 g/mol. The van der Waals surface area contributed by atoms with Crippen LogP contribution in [0.25, 0.3) is 0 Å². The number of aromatic hydroxyl groups is 1. The Morgan fingerprint density at radius 1 is 1.35 bits per heavy atom. The van der Waals surface area contributed by atoms with Crippen molar-refractivity contribution in [2.24, 2.45) is 0 Å². The number of rotatable bonds is 7. The number of methoxy groups -OCH3 is 1. The standard InChI is InChI=1S/C16H25NO3/c1-5-13(6-2)17(9-10-20-4)16(19)15-8-7-14(18)11-12(15)3/h7-8,11,13,18H,5-6,9-10H2,1-4H3. The van der Waals surface area contributed by atoms with Gasteiger partial charge < -0.3 is 14.7 Å². The molecule has 0 bridgehead atoms. The number of hydrogen-bond donors (Lipinski definition) is 1. The summed E-state index contributed by atoms with van der Waals surface area (Å²) in [6.07, 6.45) is 1.84. The van der Waals surface area contributed by atoms with Crippen molar-refractivity contribution in [2.75, 3.05) is 20.3 Å². The van der Waals surface area contributed by atoms with Crippen molar-refractivity contribution in [3.8, 4) is 5.75 Å². The van der Waals surface area contributed by atoms with Crippen molar-refractivity contribution in [2.45, 2.75) is 39.7 Å². The van der Waals surface area contributed by atoms with Gasteiger partial charge in [0, 0.05) is 25.3 Å². The predicted molar refractivity (Wildman–Crippen MR) is 80.1 cm³/mol. The number of aryl methyl sites for hydroxylation is 1. The van der Waals surface area contributed by atoms with E-state index in [1.54, 1.807) is 25.3 Å². The van der Waals surface area contributed by atoms with E-state index in [9.17, 15) is 9.90 Å². The van der Waals surface area contributed by atoms with Crippen molar-refractivity contribution in [3.63, 3.8) is 0 Å². The van der Waals surface area contributed by atoms with E-state index in [1.807, 2.05) is 11.8 Å². The molecular formula is C16H25NO3. The first-order chi connectivity index (χ1) is 9.54. The highest BCUT2D eigenvalue weighted by molar-refractivity contribution is 5.96. The van der Waals surface area contributed by atoms with E-state index in [0.717, 1.165) is 18.4 Å². The third-order valence-electron chi connectivity index (χ3n) is 3.62. The minimum absolute atomic E-state index is 0.00764. The monoisotopic (exact) mass is 279 g/mol. The molecule has 0 heterocycles. The zero-order valence-corrected chi connectivity index (χ0v) is 12.8. The molecule has 4 heteroatoms. The molecule has 1 rings (SSSR count). The van der Waals surface area contributed by atoms with E-state index in [2.05, 4.69) is 13.8 Å². The Hall–Kier alpha value is -1.55. The lowest BCUT2D eigenvalue weighted by Gasteiger charge is -2.31. The fourth-order valence-corrected chi connectivity index (χ4v) is 2.41. The summed E-state index contributed by atoms with van der Waals surface area (Å²) in [5.74, 6) is 0.193. The third kappa shape index (κ3) is 3.97. The highest BCUT2D eigenvalue weighted by Gasteiger charge is 2.23. The molecule has 0 aliphatic rings. The van der Waals surface area contributed by atoms with Gasteiger partial charge in [-0.3, -0.25) is 4.79 Å².